The van der Waals surface area contributed by atoms with Crippen LogP contribution in [0.2, 0.25) is 0 Å². The summed E-state index contributed by atoms with van der Waals surface area (Å²) < 4.78 is 18.5. The van der Waals surface area contributed by atoms with Crippen LogP contribution in [0.4, 0.5) is 16.0 Å². The van der Waals surface area contributed by atoms with Crippen molar-refractivity contribution < 1.29 is 23.3 Å². The number of carbonyl (C=O) groups is 2. The fourth-order valence-electron chi connectivity index (χ4n) is 2.43. The molecule has 3 aromatic rings. The van der Waals surface area contributed by atoms with Gasteiger partial charge in [0.25, 0.3) is 11.8 Å². The lowest BCUT2D eigenvalue weighted by atomic mass is 10.1. The Morgan fingerprint density at radius 3 is 2.43 bits per heavy atom. The molecule has 0 unspecified atom stereocenters. The number of amides is 2. The first-order valence-corrected chi connectivity index (χ1v) is 8.12. The fourth-order valence-corrected chi connectivity index (χ4v) is 2.43. The largest absolute Gasteiger partial charge is 0.433 e. The maximum absolute atomic E-state index is 13.7. The summed E-state index contributed by atoms with van der Waals surface area (Å²) in [6.45, 7) is -0.0296. The molecule has 2 amide bonds. The van der Waals surface area contributed by atoms with Crippen LogP contribution in [0.15, 0.2) is 65.1 Å². The molecule has 8 nitrogen and oxygen atoms in total. The molecule has 142 valence electrons. The molecule has 2 N–H and O–H groups in total. The van der Waals surface area contributed by atoms with Gasteiger partial charge in [0.2, 0.25) is 0 Å². The third kappa shape index (κ3) is 4.21. The molecule has 0 radical (unpaired) electrons. The minimum atomic E-state index is -0.763. The lowest BCUT2D eigenvalue weighted by molar-refractivity contribution is -0.402. The van der Waals surface area contributed by atoms with Gasteiger partial charge < -0.3 is 15.1 Å². The average molecular weight is 383 g/mol. The predicted molar refractivity (Wildman–Crippen MR) is 97.3 cm³/mol. The van der Waals surface area contributed by atoms with Crippen LogP contribution in [0.3, 0.4) is 0 Å². The molecule has 0 aliphatic carbocycles. The molecule has 9 heteroatoms. The number of nitrogens with zero attached hydrogens (tertiary/aromatic N) is 1. The normalized spacial score (nSPS) is 10.3. The van der Waals surface area contributed by atoms with E-state index in [4.69, 9.17) is 4.42 Å². The maximum atomic E-state index is 13.7. The van der Waals surface area contributed by atoms with Gasteiger partial charge in [0.15, 0.2) is 5.76 Å². The Hall–Kier alpha value is -4.01. The molecular formula is C19H14FN3O5. The van der Waals surface area contributed by atoms with Crippen LogP contribution >= 0.6 is 0 Å². The van der Waals surface area contributed by atoms with Gasteiger partial charge in [-0.05, 0) is 24.3 Å². The number of nitrogens with one attached hydrogen (secondary N) is 2. The second-order valence-corrected chi connectivity index (χ2v) is 5.67. The van der Waals surface area contributed by atoms with E-state index in [-0.39, 0.29) is 23.6 Å². The van der Waals surface area contributed by atoms with Gasteiger partial charge in [0.1, 0.15) is 10.7 Å². The standard InChI is InChI=1S/C19H14FN3O5/c20-14-7-3-1-5-12(14)11-21-18(24)13-6-2-4-8-15(13)22-19(25)16-9-10-17(28-16)23(26)27/h1-10H,11H2,(H,21,24)(H,22,25). The van der Waals surface area contributed by atoms with E-state index in [0.717, 1.165) is 12.1 Å². The molecule has 0 aliphatic rings. The van der Waals surface area contributed by atoms with E-state index in [0.29, 0.717) is 5.56 Å². The molecule has 0 aliphatic heterocycles. The van der Waals surface area contributed by atoms with Crippen molar-refractivity contribution in [3.63, 3.8) is 0 Å². The lowest BCUT2D eigenvalue weighted by Gasteiger charge is -2.11. The van der Waals surface area contributed by atoms with Crippen molar-refractivity contribution in [2.45, 2.75) is 6.54 Å². The van der Waals surface area contributed by atoms with E-state index in [9.17, 15) is 24.1 Å². The van der Waals surface area contributed by atoms with Gasteiger partial charge in [0, 0.05) is 12.1 Å². The Balaban J connectivity index is 1.73. The molecule has 0 fully saturated rings. The number of carbonyl (C=O) groups excluding carboxylic acids is 2. The van der Waals surface area contributed by atoms with Crippen molar-refractivity contribution in [2.75, 3.05) is 5.32 Å². The molecule has 0 bridgehead atoms. The molecule has 0 atom stereocenters. The highest BCUT2D eigenvalue weighted by Crippen LogP contribution is 2.20. The van der Waals surface area contributed by atoms with Crippen LogP contribution in [0.25, 0.3) is 0 Å². The monoisotopic (exact) mass is 383 g/mol. The molecule has 0 saturated heterocycles. The van der Waals surface area contributed by atoms with Crippen LogP contribution < -0.4 is 10.6 Å². The lowest BCUT2D eigenvalue weighted by Crippen LogP contribution is -2.25. The Morgan fingerprint density at radius 2 is 1.71 bits per heavy atom. The third-order valence-electron chi connectivity index (χ3n) is 3.81. The number of furan rings is 1. The number of anilines is 1. The van der Waals surface area contributed by atoms with E-state index in [2.05, 4.69) is 10.6 Å². The Morgan fingerprint density at radius 1 is 1.00 bits per heavy atom. The van der Waals surface area contributed by atoms with Crippen LogP contribution in [0.1, 0.15) is 26.5 Å². The zero-order chi connectivity index (χ0) is 20.1. The van der Waals surface area contributed by atoms with Crippen molar-refractivity contribution >= 4 is 23.4 Å². The van der Waals surface area contributed by atoms with Crippen LogP contribution in [-0.4, -0.2) is 16.7 Å². The summed E-state index contributed by atoms with van der Waals surface area (Å²) in [6.07, 6.45) is 0. The topological polar surface area (TPSA) is 114 Å². The minimum absolute atomic E-state index is 0.0296. The third-order valence-corrected chi connectivity index (χ3v) is 3.81. The molecule has 0 saturated carbocycles. The smallest absolute Gasteiger partial charge is 0.395 e. The quantitative estimate of drug-likeness (QED) is 0.499. The van der Waals surface area contributed by atoms with Gasteiger partial charge in [0.05, 0.1) is 17.3 Å². The summed E-state index contributed by atoms with van der Waals surface area (Å²) in [5.41, 5.74) is 0.645. The van der Waals surface area contributed by atoms with Gasteiger partial charge in [-0.1, -0.05) is 30.3 Å². The first kappa shape index (κ1) is 18.8. The van der Waals surface area contributed by atoms with Crippen molar-refractivity contribution in [2.24, 2.45) is 0 Å². The minimum Gasteiger partial charge on any atom is -0.395 e. The Kier molecular flexibility index (Phi) is 5.45. The Bertz CT molecular complexity index is 1050. The Labute approximate surface area is 158 Å². The number of nitro groups is 1. The molecular weight excluding hydrogens is 369 g/mol. The number of hydrogen-bond donors (Lipinski definition) is 2. The van der Waals surface area contributed by atoms with Crippen LogP contribution in [0, 0.1) is 15.9 Å². The van der Waals surface area contributed by atoms with Gasteiger partial charge in [-0.25, -0.2) is 4.39 Å². The van der Waals surface area contributed by atoms with Crippen molar-refractivity contribution in [1.82, 2.24) is 5.32 Å². The summed E-state index contributed by atoms with van der Waals surface area (Å²) in [7, 11) is 0. The van der Waals surface area contributed by atoms with E-state index in [1.807, 2.05) is 0 Å². The number of para-hydroxylation sites is 1. The number of hydrogen-bond acceptors (Lipinski definition) is 5. The van der Waals surface area contributed by atoms with E-state index < -0.39 is 28.4 Å². The SMILES string of the molecule is O=C(Nc1ccccc1C(=O)NCc1ccccc1F)c1ccc([N+](=O)[O-])o1. The summed E-state index contributed by atoms with van der Waals surface area (Å²) in [4.78, 5) is 34.6. The fraction of sp³-hybridized carbons (Fsp3) is 0.0526. The molecule has 1 heterocycles. The van der Waals surface area contributed by atoms with Gasteiger partial charge in [-0.3, -0.25) is 19.7 Å². The highest BCUT2D eigenvalue weighted by molar-refractivity contribution is 6.07. The summed E-state index contributed by atoms with van der Waals surface area (Å²) >= 11 is 0. The molecule has 0 spiro atoms. The molecule has 1 aromatic heterocycles. The predicted octanol–water partition coefficient (Wildman–Crippen LogP) is 3.51. The number of benzene rings is 2. The maximum Gasteiger partial charge on any atom is 0.433 e. The highest BCUT2D eigenvalue weighted by Gasteiger charge is 2.19. The van der Waals surface area contributed by atoms with Crippen LogP contribution in [-0.2, 0) is 6.54 Å². The van der Waals surface area contributed by atoms with Crippen molar-refractivity contribution in [1.29, 1.82) is 0 Å². The van der Waals surface area contributed by atoms with Crippen LogP contribution in [0.5, 0.6) is 0 Å². The van der Waals surface area contributed by atoms with E-state index in [1.54, 1.807) is 30.3 Å². The first-order valence-electron chi connectivity index (χ1n) is 8.12. The van der Waals surface area contributed by atoms with Gasteiger partial charge >= 0.3 is 5.88 Å². The second kappa shape index (κ2) is 8.12. The summed E-state index contributed by atoms with van der Waals surface area (Å²) in [5, 5.41) is 15.7. The van der Waals surface area contributed by atoms with Crippen molar-refractivity contribution in [3.05, 3.63) is 93.5 Å². The zero-order valence-electron chi connectivity index (χ0n) is 14.3. The van der Waals surface area contributed by atoms with Gasteiger partial charge in [-0.15, -0.1) is 0 Å². The first-order chi connectivity index (χ1) is 13.5. The van der Waals surface area contributed by atoms with Crippen molar-refractivity contribution in [3.8, 4) is 0 Å². The van der Waals surface area contributed by atoms with E-state index in [1.165, 1.54) is 18.2 Å². The summed E-state index contributed by atoms with van der Waals surface area (Å²) in [6, 6.07) is 14.4. The highest BCUT2D eigenvalue weighted by atomic mass is 19.1. The number of rotatable bonds is 6. The molecule has 28 heavy (non-hydrogen) atoms. The second-order valence-electron chi connectivity index (χ2n) is 5.67. The average Bonchev–Trinajstić information content (AvgIpc) is 3.18. The number of halogens is 1. The molecule has 2 aromatic carbocycles. The zero-order valence-corrected chi connectivity index (χ0v) is 14.3. The van der Waals surface area contributed by atoms with Gasteiger partial charge in [-0.2, -0.15) is 0 Å². The summed E-state index contributed by atoms with van der Waals surface area (Å²) in [5.74, 6) is -2.55. The molecule has 3 rings (SSSR count). The van der Waals surface area contributed by atoms with E-state index >= 15 is 0 Å².